The van der Waals surface area contributed by atoms with E-state index in [1.165, 1.54) is 5.56 Å². The summed E-state index contributed by atoms with van der Waals surface area (Å²) < 4.78 is 4.51. The van der Waals surface area contributed by atoms with Crippen molar-refractivity contribution in [2.45, 2.75) is 20.8 Å². The molecule has 0 aliphatic rings. The average molecular weight is 272 g/mol. The third-order valence-electron chi connectivity index (χ3n) is 2.70. The van der Waals surface area contributed by atoms with Crippen LogP contribution in [0.2, 0.25) is 0 Å². The SMILES string of the molecule is CC.Cc1ccc(-c2ccc(C(=O)OCO)cc2)cc1. The van der Waals surface area contributed by atoms with E-state index in [2.05, 4.69) is 4.74 Å². The molecule has 0 heterocycles. The van der Waals surface area contributed by atoms with Crippen LogP contribution in [0.3, 0.4) is 0 Å². The van der Waals surface area contributed by atoms with Crippen LogP contribution in [-0.4, -0.2) is 17.9 Å². The number of aliphatic hydroxyl groups is 1. The fourth-order valence-corrected chi connectivity index (χ4v) is 1.69. The van der Waals surface area contributed by atoms with Crippen LogP contribution in [0, 0.1) is 6.92 Å². The van der Waals surface area contributed by atoms with E-state index in [0.717, 1.165) is 11.1 Å². The highest BCUT2D eigenvalue weighted by molar-refractivity contribution is 5.90. The maximum absolute atomic E-state index is 11.4. The second kappa shape index (κ2) is 8.12. The molecule has 1 N–H and O–H groups in total. The number of esters is 1. The quantitative estimate of drug-likeness (QED) is 0.683. The zero-order valence-electron chi connectivity index (χ0n) is 12.1. The summed E-state index contributed by atoms with van der Waals surface area (Å²) in [7, 11) is 0. The molecule has 0 bridgehead atoms. The molecule has 0 aromatic heterocycles. The minimum atomic E-state index is -0.599. The molecule has 0 aliphatic carbocycles. The predicted molar refractivity (Wildman–Crippen MR) is 80.5 cm³/mol. The normalized spacial score (nSPS) is 9.40. The highest BCUT2D eigenvalue weighted by atomic mass is 16.6. The molecule has 0 saturated heterocycles. The Balaban J connectivity index is 0.000000956. The van der Waals surface area contributed by atoms with E-state index in [9.17, 15) is 4.79 Å². The summed E-state index contributed by atoms with van der Waals surface area (Å²) in [6, 6.07) is 15.3. The van der Waals surface area contributed by atoms with Crippen molar-refractivity contribution in [3.63, 3.8) is 0 Å². The molecule has 0 saturated carbocycles. The Bertz CT molecular complexity index is 527. The lowest BCUT2D eigenvalue weighted by Crippen LogP contribution is -2.05. The molecule has 0 atom stereocenters. The van der Waals surface area contributed by atoms with Crippen LogP contribution in [0.15, 0.2) is 48.5 Å². The molecule has 0 spiro atoms. The second-order valence-electron chi connectivity index (χ2n) is 4.00. The third kappa shape index (κ3) is 4.21. The van der Waals surface area contributed by atoms with Crippen molar-refractivity contribution >= 4 is 5.97 Å². The second-order valence-corrected chi connectivity index (χ2v) is 4.00. The van der Waals surface area contributed by atoms with E-state index < -0.39 is 12.8 Å². The highest BCUT2D eigenvalue weighted by Crippen LogP contribution is 2.20. The average Bonchev–Trinajstić information content (AvgIpc) is 2.50. The topological polar surface area (TPSA) is 46.5 Å². The van der Waals surface area contributed by atoms with Crippen LogP contribution < -0.4 is 0 Å². The van der Waals surface area contributed by atoms with Gasteiger partial charge in [-0.05, 0) is 30.2 Å². The van der Waals surface area contributed by atoms with Gasteiger partial charge in [0.1, 0.15) is 0 Å². The minimum absolute atomic E-state index is 0.430. The van der Waals surface area contributed by atoms with Crippen LogP contribution in [0.25, 0.3) is 11.1 Å². The number of hydrogen-bond acceptors (Lipinski definition) is 3. The van der Waals surface area contributed by atoms with Crippen molar-refractivity contribution in [3.8, 4) is 11.1 Å². The Morgan fingerprint density at radius 3 is 1.85 bits per heavy atom. The Morgan fingerprint density at radius 1 is 0.950 bits per heavy atom. The van der Waals surface area contributed by atoms with Crippen molar-refractivity contribution < 1.29 is 14.6 Å². The summed E-state index contributed by atoms with van der Waals surface area (Å²) in [6.45, 7) is 5.44. The molecule has 3 heteroatoms. The van der Waals surface area contributed by atoms with Gasteiger partial charge in [0.25, 0.3) is 0 Å². The third-order valence-corrected chi connectivity index (χ3v) is 2.70. The van der Waals surface area contributed by atoms with Crippen LogP contribution in [-0.2, 0) is 4.74 Å². The molecule has 0 unspecified atom stereocenters. The fraction of sp³-hybridized carbons (Fsp3) is 0.235. The van der Waals surface area contributed by atoms with Crippen LogP contribution in [0.1, 0.15) is 29.8 Å². The van der Waals surface area contributed by atoms with E-state index in [4.69, 9.17) is 5.11 Å². The summed E-state index contributed by atoms with van der Waals surface area (Å²) in [5, 5.41) is 8.51. The lowest BCUT2D eigenvalue weighted by molar-refractivity contribution is 0.00684. The van der Waals surface area contributed by atoms with Gasteiger partial charge in [-0.25, -0.2) is 4.79 Å². The zero-order chi connectivity index (χ0) is 15.0. The van der Waals surface area contributed by atoms with Crippen molar-refractivity contribution in [2.75, 3.05) is 6.79 Å². The molecule has 2 aromatic carbocycles. The lowest BCUT2D eigenvalue weighted by Gasteiger charge is -2.04. The Labute approximate surface area is 119 Å². The first kappa shape index (κ1) is 15.9. The van der Waals surface area contributed by atoms with E-state index >= 15 is 0 Å². The summed E-state index contributed by atoms with van der Waals surface area (Å²) in [5.41, 5.74) is 3.78. The van der Waals surface area contributed by atoms with Crippen molar-refractivity contribution in [3.05, 3.63) is 59.7 Å². The number of aryl methyl sites for hydroxylation is 1. The van der Waals surface area contributed by atoms with Gasteiger partial charge in [0.15, 0.2) is 6.79 Å². The molecule has 2 aromatic rings. The van der Waals surface area contributed by atoms with Crippen LogP contribution in [0.4, 0.5) is 0 Å². The van der Waals surface area contributed by atoms with Gasteiger partial charge in [-0.2, -0.15) is 0 Å². The molecule has 2 rings (SSSR count). The van der Waals surface area contributed by atoms with Gasteiger partial charge in [-0.3, -0.25) is 0 Å². The maximum atomic E-state index is 11.4. The first-order valence-corrected chi connectivity index (χ1v) is 6.66. The minimum Gasteiger partial charge on any atom is -0.435 e. The number of hydrogen-bond donors (Lipinski definition) is 1. The molecule has 0 radical (unpaired) electrons. The van der Waals surface area contributed by atoms with Gasteiger partial charge in [0.2, 0.25) is 0 Å². The van der Waals surface area contributed by atoms with Gasteiger partial charge in [0, 0.05) is 0 Å². The molecular weight excluding hydrogens is 252 g/mol. The Kier molecular flexibility index (Phi) is 6.47. The maximum Gasteiger partial charge on any atom is 0.340 e. The fourth-order valence-electron chi connectivity index (χ4n) is 1.69. The zero-order valence-corrected chi connectivity index (χ0v) is 12.1. The highest BCUT2D eigenvalue weighted by Gasteiger charge is 2.06. The molecule has 0 amide bonds. The summed E-state index contributed by atoms with van der Waals surface area (Å²) in [4.78, 5) is 11.4. The van der Waals surface area contributed by atoms with Crippen molar-refractivity contribution in [1.29, 1.82) is 0 Å². The lowest BCUT2D eigenvalue weighted by atomic mass is 10.0. The van der Waals surface area contributed by atoms with Crippen molar-refractivity contribution in [2.24, 2.45) is 0 Å². The molecular formula is C17H20O3. The number of ether oxygens (including phenoxy) is 1. The first-order valence-electron chi connectivity index (χ1n) is 6.66. The van der Waals surface area contributed by atoms with Gasteiger partial charge in [-0.1, -0.05) is 55.8 Å². The molecule has 0 fully saturated rings. The number of rotatable bonds is 3. The van der Waals surface area contributed by atoms with Crippen LogP contribution in [0.5, 0.6) is 0 Å². The van der Waals surface area contributed by atoms with Gasteiger partial charge < -0.3 is 9.84 Å². The first-order chi connectivity index (χ1) is 9.70. The standard InChI is InChI=1S/C15H14O3.C2H6/c1-11-2-4-12(5-3-11)13-6-8-14(9-7-13)15(17)18-10-16;1-2/h2-9,16H,10H2,1H3;1-2H3. The van der Waals surface area contributed by atoms with E-state index in [-0.39, 0.29) is 0 Å². The van der Waals surface area contributed by atoms with E-state index in [1.54, 1.807) is 12.1 Å². The van der Waals surface area contributed by atoms with Gasteiger partial charge >= 0.3 is 5.97 Å². The monoisotopic (exact) mass is 272 g/mol. The molecule has 20 heavy (non-hydrogen) atoms. The number of benzene rings is 2. The van der Waals surface area contributed by atoms with E-state index in [0.29, 0.717) is 5.56 Å². The Morgan fingerprint density at radius 2 is 1.40 bits per heavy atom. The van der Waals surface area contributed by atoms with Gasteiger partial charge in [0.05, 0.1) is 5.56 Å². The smallest absolute Gasteiger partial charge is 0.340 e. The summed E-state index contributed by atoms with van der Waals surface area (Å²) in [6.07, 6.45) is 0. The largest absolute Gasteiger partial charge is 0.435 e. The van der Waals surface area contributed by atoms with Crippen LogP contribution >= 0.6 is 0 Å². The molecule has 106 valence electrons. The number of aliphatic hydroxyl groups excluding tert-OH is 1. The van der Waals surface area contributed by atoms with Gasteiger partial charge in [-0.15, -0.1) is 0 Å². The Hall–Kier alpha value is -2.13. The summed E-state index contributed by atoms with van der Waals surface area (Å²) in [5.74, 6) is -0.520. The van der Waals surface area contributed by atoms with Crippen molar-refractivity contribution in [1.82, 2.24) is 0 Å². The number of carbonyl (C=O) groups excluding carboxylic acids is 1. The summed E-state index contributed by atoms with van der Waals surface area (Å²) >= 11 is 0. The predicted octanol–water partition coefficient (Wildman–Crippen LogP) is 3.79. The van der Waals surface area contributed by atoms with E-state index in [1.807, 2.05) is 57.2 Å². The molecule has 3 nitrogen and oxygen atoms in total. The molecule has 0 aliphatic heterocycles. The number of carbonyl (C=O) groups is 1.